The van der Waals surface area contributed by atoms with Crippen molar-refractivity contribution >= 4 is 11.4 Å². The fourth-order valence-corrected chi connectivity index (χ4v) is 1.75. The maximum absolute atomic E-state index is 6.02. The van der Waals surface area contributed by atoms with Gasteiger partial charge in [0, 0.05) is 19.2 Å². The first-order valence-corrected chi connectivity index (χ1v) is 5.91. The summed E-state index contributed by atoms with van der Waals surface area (Å²) in [7, 11) is 1.66. The van der Waals surface area contributed by atoms with Crippen LogP contribution in [0.25, 0.3) is 0 Å². The summed E-state index contributed by atoms with van der Waals surface area (Å²) in [5.74, 6) is 0.813. The number of rotatable bonds is 6. The number of nitrogen functional groups attached to an aromatic ring is 1. The first kappa shape index (κ1) is 12.7. The van der Waals surface area contributed by atoms with Crippen LogP contribution in [0.15, 0.2) is 18.2 Å². The molecule has 3 heteroatoms. The van der Waals surface area contributed by atoms with Gasteiger partial charge >= 0.3 is 0 Å². The van der Waals surface area contributed by atoms with Crippen molar-refractivity contribution in [1.29, 1.82) is 0 Å². The van der Waals surface area contributed by atoms with E-state index in [2.05, 4.69) is 18.7 Å². The van der Waals surface area contributed by atoms with Crippen molar-refractivity contribution in [3.05, 3.63) is 18.2 Å². The first-order valence-electron chi connectivity index (χ1n) is 5.91. The van der Waals surface area contributed by atoms with Crippen LogP contribution >= 0.6 is 0 Å². The van der Waals surface area contributed by atoms with E-state index in [9.17, 15) is 0 Å². The summed E-state index contributed by atoms with van der Waals surface area (Å²) in [6.07, 6.45) is 2.39. The number of nitrogens with zero attached hydrogens (tertiary/aromatic N) is 1. The largest absolute Gasteiger partial charge is 0.497 e. The molecule has 0 bridgehead atoms. The predicted octanol–water partition coefficient (Wildman–Crippen LogP) is 2.90. The molecule has 0 spiro atoms. The van der Waals surface area contributed by atoms with Crippen molar-refractivity contribution in [2.45, 2.75) is 26.7 Å². The maximum atomic E-state index is 6.02. The highest BCUT2D eigenvalue weighted by Crippen LogP contribution is 2.27. The molecular weight excluding hydrogens is 200 g/mol. The van der Waals surface area contributed by atoms with Gasteiger partial charge in [-0.25, -0.2) is 0 Å². The van der Waals surface area contributed by atoms with Crippen LogP contribution in [0.2, 0.25) is 0 Å². The van der Waals surface area contributed by atoms with E-state index in [1.54, 1.807) is 7.11 Å². The SMILES string of the molecule is CCCCN(CC)c1ccc(OC)cc1N. The third kappa shape index (κ3) is 3.05. The van der Waals surface area contributed by atoms with Gasteiger partial charge < -0.3 is 15.4 Å². The third-order valence-corrected chi connectivity index (χ3v) is 2.74. The summed E-state index contributed by atoms with van der Waals surface area (Å²) >= 11 is 0. The second kappa shape index (κ2) is 6.26. The van der Waals surface area contributed by atoms with Crippen LogP contribution in [0, 0.1) is 0 Å². The number of hydrogen-bond acceptors (Lipinski definition) is 3. The van der Waals surface area contributed by atoms with Gasteiger partial charge in [-0.3, -0.25) is 0 Å². The fraction of sp³-hybridized carbons (Fsp3) is 0.538. The molecule has 0 unspecified atom stereocenters. The highest BCUT2D eigenvalue weighted by atomic mass is 16.5. The Labute approximate surface area is 98.2 Å². The van der Waals surface area contributed by atoms with Gasteiger partial charge in [0.2, 0.25) is 0 Å². The summed E-state index contributed by atoms with van der Waals surface area (Å²) in [6, 6.07) is 5.87. The molecule has 0 fully saturated rings. The lowest BCUT2D eigenvalue weighted by molar-refractivity contribution is 0.415. The highest BCUT2D eigenvalue weighted by molar-refractivity contribution is 5.69. The minimum Gasteiger partial charge on any atom is -0.497 e. The molecule has 0 aliphatic rings. The van der Waals surface area contributed by atoms with Crippen LogP contribution < -0.4 is 15.4 Å². The number of anilines is 2. The van der Waals surface area contributed by atoms with Gasteiger partial charge in [-0.2, -0.15) is 0 Å². The van der Waals surface area contributed by atoms with Gasteiger partial charge in [-0.05, 0) is 25.5 Å². The quantitative estimate of drug-likeness (QED) is 0.752. The number of benzene rings is 1. The Bertz CT molecular complexity index is 326. The summed E-state index contributed by atoms with van der Waals surface area (Å²) in [5, 5.41) is 0. The summed E-state index contributed by atoms with van der Waals surface area (Å²) in [6.45, 7) is 6.39. The third-order valence-electron chi connectivity index (χ3n) is 2.74. The Morgan fingerprint density at radius 3 is 2.56 bits per heavy atom. The van der Waals surface area contributed by atoms with E-state index < -0.39 is 0 Å². The molecule has 90 valence electrons. The second-order valence-corrected chi connectivity index (χ2v) is 3.86. The highest BCUT2D eigenvalue weighted by Gasteiger charge is 2.08. The molecule has 0 atom stereocenters. The molecule has 16 heavy (non-hydrogen) atoms. The lowest BCUT2D eigenvalue weighted by Gasteiger charge is -2.24. The molecule has 0 aliphatic heterocycles. The maximum Gasteiger partial charge on any atom is 0.121 e. The average molecular weight is 222 g/mol. The van der Waals surface area contributed by atoms with Crippen molar-refractivity contribution in [3.63, 3.8) is 0 Å². The second-order valence-electron chi connectivity index (χ2n) is 3.86. The molecule has 0 saturated carbocycles. The van der Waals surface area contributed by atoms with Crippen LogP contribution in [0.5, 0.6) is 5.75 Å². The van der Waals surface area contributed by atoms with Crippen molar-refractivity contribution in [2.24, 2.45) is 0 Å². The molecule has 2 N–H and O–H groups in total. The molecule has 0 aromatic heterocycles. The number of methoxy groups -OCH3 is 1. The Morgan fingerprint density at radius 2 is 2.06 bits per heavy atom. The van der Waals surface area contributed by atoms with Gasteiger partial charge in [-0.15, -0.1) is 0 Å². The van der Waals surface area contributed by atoms with E-state index >= 15 is 0 Å². The summed E-state index contributed by atoms with van der Waals surface area (Å²) in [4.78, 5) is 2.30. The van der Waals surface area contributed by atoms with Crippen molar-refractivity contribution in [3.8, 4) is 5.75 Å². The van der Waals surface area contributed by atoms with E-state index in [1.807, 2.05) is 18.2 Å². The number of hydrogen-bond donors (Lipinski definition) is 1. The van der Waals surface area contributed by atoms with Gasteiger partial charge in [0.1, 0.15) is 5.75 Å². The fourth-order valence-electron chi connectivity index (χ4n) is 1.75. The molecule has 0 aliphatic carbocycles. The molecule has 0 saturated heterocycles. The Morgan fingerprint density at radius 1 is 1.31 bits per heavy atom. The van der Waals surface area contributed by atoms with Crippen LogP contribution in [-0.2, 0) is 0 Å². The standard InChI is InChI=1S/C13H22N2O/c1-4-6-9-15(5-2)13-8-7-11(16-3)10-12(13)14/h7-8,10H,4-6,9,14H2,1-3H3. The van der Waals surface area contributed by atoms with E-state index in [0.29, 0.717) is 0 Å². The molecule has 3 nitrogen and oxygen atoms in total. The zero-order valence-electron chi connectivity index (χ0n) is 10.5. The van der Waals surface area contributed by atoms with E-state index in [4.69, 9.17) is 10.5 Å². The number of ether oxygens (including phenoxy) is 1. The smallest absolute Gasteiger partial charge is 0.121 e. The Hall–Kier alpha value is -1.38. The summed E-state index contributed by atoms with van der Waals surface area (Å²) < 4.78 is 5.15. The lowest BCUT2D eigenvalue weighted by Crippen LogP contribution is -2.24. The molecule has 0 amide bonds. The minimum absolute atomic E-state index is 0.789. The average Bonchev–Trinajstić information content (AvgIpc) is 2.31. The molecule has 0 heterocycles. The molecule has 0 radical (unpaired) electrons. The normalized spacial score (nSPS) is 10.2. The van der Waals surface area contributed by atoms with Crippen molar-refractivity contribution in [1.82, 2.24) is 0 Å². The topological polar surface area (TPSA) is 38.5 Å². The Kier molecular flexibility index (Phi) is 4.96. The van der Waals surface area contributed by atoms with E-state index in [-0.39, 0.29) is 0 Å². The van der Waals surface area contributed by atoms with Crippen molar-refractivity contribution in [2.75, 3.05) is 30.8 Å². The van der Waals surface area contributed by atoms with E-state index in [1.165, 1.54) is 12.8 Å². The minimum atomic E-state index is 0.789. The summed E-state index contributed by atoms with van der Waals surface area (Å²) in [5.41, 5.74) is 7.92. The predicted molar refractivity (Wildman–Crippen MR) is 70.2 cm³/mol. The zero-order chi connectivity index (χ0) is 12.0. The number of nitrogens with two attached hydrogens (primary N) is 1. The van der Waals surface area contributed by atoms with Gasteiger partial charge in [0.15, 0.2) is 0 Å². The van der Waals surface area contributed by atoms with Crippen LogP contribution in [0.3, 0.4) is 0 Å². The first-order chi connectivity index (χ1) is 7.72. The molecule has 1 rings (SSSR count). The van der Waals surface area contributed by atoms with Crippen LogP contribution in [-0.4, -0.2) is 20.2 Å². The molecule has 1 aromatic carbocycles. The Balaban J connectivity index is 2.83. The lowest BCUT2D eigenvalue weighted by atomic mass is 10.2. The van der Waals surface area contributed by atoms with Gasteiger partial charge in [-0.1, -0.05) is 13.3 Å². The van der Waals surface area contributed by atoms with Crippen molar-refractivity contribution < 1.29 is 4.74 Å². The van der Waals surface area contributed by atoms with Gasteiger partial charge in [0.25, 0.3) is 0 Å². The van der Waals surface area contributed by atoms with E-state index in [0.717, 1.165) is 30.2 Å². The molecular formula is C13H22N2O. The monoisotopic (exact) mass is 222 g/mol. The zero-order valence-corrected chi connectivity index (χ0v) is 10.5. The molecule has 1 aromatic rings. The van der Waals surface area contributed by atoms with Crippen LogP contribution in [0.1, 0.15) is 26.7 Å². The number of unbranched alkanes of at least 4 members (excludes halogenated alkanes) is 1. The van der Waals surface area contributed by atoms with Crippen LogP contribution in [0.4, 0.5) is 11.4 Å². The van der Waals surface area contributed by atoms with Gasteiger partial charge in [0.05, 0.1) is 18.5 Å².